The van der Waals surface area contributed by atoms with Gasteiger partial charge in [0.15, 0.2) is 11.5 Å². The molecule has 8 heteroatoms. The van der Waals surface area contributed by atoms with Gasteiger partial charge in [0, 0.05) is 29.1 Å². The number of pyridine rings is 1. The summed E-state index contributed by atoms with van der Waals surface area (Å²) in [6, 6.07) is 20.7. The summed E-state index contributed by atoms with van der Waals surface area (Å²) in [4.78, 5) is 49.2. The Morgan fingerprint density at radius 2 is 1.32 bits per heavy atom. The van der Waals surface area contributed by atoms with Crippen LogP contribution in [0.4, 0.5) is 11.4 Å². The van der Waals surface area contributed by atoms with Crippen molar-refractivity contribution < 1.29 is 19.1 Å². The summed E-state index contributed by atoms with van der Waals surface area (Å²) in [7, 11) is 0. The molecular weight excluding hydrogens is 434 g/mol. The van der Waals surface area contributed by atoms with Crippen LogP contribution in [0.25, 0.3) is 21.8 Å². The number of carbonyl (C=O) groups excluding carboxylic acids is 3. The summed E-state index contributed by atoms with van der Waals surface area (Å²) in [5.74, 6) is -1.29. The van der Waals surface area contributed by atoms with E-state index < -0.39 is 18.0 Å². The third-order valence-electron chi connectivity index (χ3n) is 5.32. The summed E-state index contributed by atoms with van der Waals surface area (Å²) >= 11 is 0. The first-order chi connectivity index (χ1) is 16.3. The fraction of sp³-hybridized carbons (Fsp3) is 0.154. The number of benzene rings is 3. The lowest BCUT2D eigenvalue weighted by Crippen LogP contribution is -2.31. The van der Waals surface area contributed by atoms with Crippen molar-refractivity contribution in [2.45, 2.75) is 26.5 Å². The average Bonchev–Trinajstić information content (AvgIpc) is 2.82. The number of anilines is 2. The van der Waals surface area contributed by atoms with Crippen LogP contribution in [0.1, 0.15) is 13.8 Å². The van der Waals surface area contributed by atoms with Crippen LogP contribution in [0.15, 0.2) is 77.6 Å². The molecule has 0 aliphatic rings. The lowest BCUT2D eigenvalue weighted by atomic mass is 10.1. The minimum Gasteiger partial charge on any atom is -0.451 e. The summed E-state index contributed by atoms with van der Waals surface area (Å²) in [6.07, 6.45) is -1.04. The van der Waals surface area contributed by atoms with Crippen LogP contribution in [-0.4, -0.2) is 28.5 Å². The Morgan fingerprint density at radius 3 is 1.85 bits per heavy atom. The van der Waals surface area contributed by atoms with Gasteiger partial charge in [0.2, 0.25) is 5.91 Å². The minimum absolute atomic E-state index is 0.104. The van der Waals surface area contributed by atoms with E-state index in [0.717, 1.165) is 0 Å². The highest BCUT2D eigenvalue weighted by Gasteiger charge is 2.20. The number of ether oxygens (including phenoxy) is 1. The molecule has 4 aromatic rings. The Balaban J connectivity index is 1.49. The van der Waals surface area contributed by atoms with Gasteiger partial charge < -0.3 is 19.9 Å². The third-order valence-corrected chi connectivity index (χ3v) is 5.32. The molecule has 0 spiro atoms. The van der Waals surface area contributed by atoms with Crippen LogP contribution in [0.5, 0.6) is 0 Å². The zero-order valence-electron chi connectivity index (χ0n) is 18.7. The molecule has 2 N–H and O–H groups in total. The number of para-hydroxylation sites is 2. The van der Waals surface area contributed by atoms with E-state index in [1.54, 1.807) is 77.4 Å². The first-order valence-corrected chi connectivity index (χ1v) is 10.7. The molecule has 0 radical (unpaired) electrons. The molecule has 0 fully saturated rings. The SMILES string of the molecule is CC(=O)Nc1ccc(NC(=O)C(C)OC(=O)Cn2c3ccccc3c(=O)c3ccccc32)cc1. The Bertz CT molecular complexity index is 1400. The zero-order chi connectivity index (χ0) is 24.2. The largest absolute Gasteiger partial charge is 0.451 e. The van der Waals surface area contributed by atoms with Gasteiger partial charge in [-0.15, -0.1) is 0 Å². The molecular formula is C26H23N3O5. The van der Waals surface area contributed by atoms with E-state index in [1.165, 1.54) is 13.8 Å². The smallest absolute Gasteiger partial charge is 0.326 e. The van der Waals surface area contributed by atoms with E-state index in [-0.39, 0.29) is 17.9 Å². The standard InChI is InChI=1S/C26H23N3O5/c1-16(26(33)28-19-13-11-18(12-14-19)27-17(2)30)34-24(31)15-29-22-9-5-3-7-20(22)25(32)21-8-4-6-10-23(21)29/h3-14,16H,15H2,1-2H3,(H,27,30)(H,28,33). The van der Waals surface area contributed by atoms with Crippen molar-refractivity contribution in [3.63, 3.8) is 0 Å². The van der Waals surface area contributed by atoms with Crippen LogP contribution < -0.4 is 16.1 Å². The second-order valence-electron chi connectivity index (χ2n) is 7.83. The van der Waals surface area contributed by atoms with Crippen molar-refractivity contribution in [2.24, 2.45) is 0 Å². The third kappa shape index (κ3) is 4.80. The fourth-order valence-electron chi connectivity index (χ4n) is 3.75. The topological polar surface area (TPSA) is 106 Å². The highest BCUT2D eigenvalue weighted by Crippen LogP contribution is 2.19. The molecule has 0 aliphatic heterocycles. The van der Waals surface area contributed by atoms with Crippen molar-refractivity contribution in [3.8, 4) is 0 Å². The second kappa shape index (κ2) is 9.58. The molecule has 34 heavy (non-hydrogen) atoms. The van der Waals surface area contributed by atoms with Crippen molar-refractivity contribution in [2.75, 3.05) is 10.6 Å². The van der Waals surface area contributed by atoms with Crippen LogP contribution in [-0.2, 0) is 25.7 Å². The summed E-state index contributed by atoms with van der Waals surface area (Å²) in [5, 5.41) is 6.33. The van der Waals surface area contributed by atoms with Gasteiger partial charge in [-0.2, -0.15) is 0 Å². The van der Waals surface area contributed by atoms with E-state index in [2.05, 4.69) is 10.6 Å². The molecule has 8 nitrogen and oxygen atoms in total. The van der Waals surface area contributed by atoms with E-state index in [9.17, 15) is 19.2 Å². The molecule has 1 atom stereocenters. The molecule has 0 aliphatic carbocycles. The number of fused-ring (bicyclic) bond motifs is 2. The number of nitrogens with one attached hydrogen (secondary N) is 2. The Kier molecular flexibility index (Phi) is 6.40. The van der Waals surface area contributed by atoms with Gasteiger partial charge in [0.25, 0.3) is 5.91 Å². The monoisotopic (exact) mass is 457 g/mol. The van der Waals surface area contributed by atoms with Crippen molar-refractivity contribution >= 4 is 51.0 Å². The number of nitrogens with zero attached hydrogens (tertiary/aromatic N) is 1. The van der Waals surface area contributed by atoms with Crippen LogP contribution in [0.3, 0.4) is 0 Å². The van der Waals surface area contributed by atoms with E-state index in [0.29, 0.717) is 33.2 Å². The Hall–Kier alpha value is -4.46. The van der Waals surface area contributed by atoms with Gasteiger partial charge in [-0.05, 0) is 55.5 Å². The average molecular weight is 457 g/mol. The van der Waals surface area contributed by atoms with E-state index in [1.807, 2.05) is 0 Å². The highest BCUT2D eigenvalue weighted by molar-refractivity contribution is 5.97. The number of esters is 1. The lowest BCUT2D eigenvalue weighted by Gasteiger charge is -2.17. The van der Waals surface area contributed by atoms with Gasteiger partial charge in [-0.1, -0.05) is 24.3 Å². The predicted molar refractivity (Wildman–Crippen MR) is 131 cm³/mol. The molecule has 2 amide bonds. The van der Waals surface area contributed by atoms with Crippen molar-refractivity contribution in [3.05, 3.63) is 83.0 Å². The first-order valence-electron chi connectivity index (χ1n) is 10.7. The maximum absolute atomic E-state index is 12.8. The predicted octanol–water partition coefficient (Wildman–Crippen LogP) is 3.68. The maximum atomic E-state index is 12.8. The van der Waals surface area contributed by atoms with Crippen LogP contribution in [0.2, 0.25) is 0 Å². The molecule has 4 rings (SSSR count). The van der Waals surface area contributed by atoms with Gasteiger partial charge in [-0.3, -0.25) is 19.2 Å². The molecule has 1 unspecified atom stereocenters. The lowest BCUT2D eigenvalue weighted by molar-refractivity contribution is -0.153. The van der Waals surface area contributed by atoms with Gasteiger partial charge >= 0.3 is 5.97 Å². The summed E-state index contributed by atoms with van der Waals surface area (Å²) in [5.41, 5.74) is 2.22. The highest BCUT2D eigenvalue weighted by atomic mass is 16.5. The van der Waals surface area contributed by atoms with Crippen molar-refractivity contribution in [1.29, 1.82) is 0 Å². The number of rotatable bonds is 6. The maximum Gasteiger partial charge on any atom is 0.326 e. The molecule has 0 saturated heterocycles. The fourth-order valence-corrected chi connectivity index (χ4v) is 3.75. The zero-order valence-corrected chi connectivity index (χ0v) is 18.7. The number of aromatic nitrogens is 1. The Morgan fingerprint density at radius 1 is 0.824 bits per heavy atom. The molecule has 0 saturated carbocycles. The minimum atomic E-state index is -1.04. The number of hydrogen-bond donors (Lipinski definition) is 2. The molecule has 0 bridgehead atoms. The van der Waals surface area contributed by atoms with E-state index >= 15 is 0 Å². The first kappa shape index (κ1) is 22.7. The number of hydrogen-bond acceptors (Lipinski definition) is 5. The summed E-state index contributed by atoms with van der Waals surface area (Å²) in [6.45, 7) is 2.73. The molecule has 172 valence electrons. The summed E-state index contributed by atoms with van der Waals surface area (Å²) < 4.78 is 7.11. The quantitative estimate of drug-likeness (QED) is 0.339. The normalized spacial score (nSPS) is 11.7. The van der Waals surface area contributed by atoms with Crippen LogP contribution >= 0.6 is 0 Å². The van der Waals surface area contributed by atoms with Gasteiger partial charge in [-0.25, -0.2) is 0 Å². The number of carbonyl (C=O) groups is 3. The Labute approximate surface area is 195 Å². The second-order valence-corrected chi connectivity index (χ2v) is 7.83. The molecule has 1 heterocycles. The van der Waals surface area contributed by atoms with Gasteiger partial charge in [0.05, 0.1) is 11.0 Å². The molecule has 1 aromatic heterocycles. The number of amides is 2. The van der Waals surface area contributed by atoms with Crippen LogP contribution in [0, 0.1) is 0 Å². The van der Waals surface area contributed by atoms with Gasteiger partial charge in [0.1, 0.15) is 6.54 Å². The van der Waals surface area contributed by atoms with Crippen molar-refractivity contribution in [1.82, 2.24) is 4.57 Å². The molecule has 3 aromatic carbocycles. The van der Waals surface area contributed by atoms with E-state index in [4.69, 9.17) is 4.74 Å².